The van der Waals surface area contributed by atoms with Gasteiger partial charge in [0.1, 0.15) is 0 Å². The second-order valence-electron chi connectivity index (χ2n) is 6.04. The van der Waals surface area contributed by atoms with E-state index in [4.69, 9.17) is 19.9 Å². The Kier molecular flexibility index (Phi) is 5.69. The maximum atomic E-state index is 12.7. The molecule has 3 rings (SSSR count). The highest BCUT2D eigenvalue weighted by Crippen LogP contribution is 2.38. The van der Waals surface area contributed by atoms with Crippen molar-refractivity contribution in [1.82, 2.24) is 0 Å². The number of amides is 1. The third-order valence-corrected chi connectivity index (χ3v) is 4.33. The highest BCUT2D eigenvalue weighted by molar-refractivity contribution is 6.06. The Hall–Kier alpha value is -3.67. The lowest BCUT2D eigenvalue weighted by molar-refractivity contribution is 0.102. The molecular formula is C22H22N2O4. The number of benzene rings is 3. The van der Waals surface area contributed by atoms with E-state index in [9.17, 15) is 4.79 Å². The molecule has 1 amide bonds. The number of anilines is 2. The number of hydrogen-bond donors (Lipinski definition) is 2. The maximum Gasteiger partial charge on any atom is 0.255 e. The number of hydrogen-bond acceptors (Lipinski definition) is 5. The second kappa shape index (κ2) is 8.35. The topological polar surface area (TPSA) is 82.8 Å². The predicted octanol–water partition coefficient (Wildman–Crippen LogP) is 4.21. The molecule has 0 saturated heterocycles. The average Bonchev–Trinajstić information content (AvgIpc) is 2.74. The summed E-state index contributed by atoms with van der Waals surface area (Å²) in [5.41, 5.74) is 9.55. The molecule has 0 spiro atoms. The molecule has 0 atom stereocenters. The first kappa shape index (κ1) is 19.1. The van der Waals surface area contributed by atoms with Gasteiger partial charge in [-0.1, -0.05) is 36.4 Å². The van der Waals surface area contributed by atoms with Crippen molar-refractivity contribution in [1.29, 1.82) is 0 Å². The summed E-state index contributed by atoms with van der Waals surface area (Å²) in [4.78, 5) is 12.7. The largest absolute Gasteiger partial charge is 0.493 e. The van der Waals surface area contributed by atoms with Gasteiger partial charge in [0.15, 0.2) is 11.5 Å². The van der Waals surface area contributed by atoms with E-state index in [0.717, 1.165) is 11.1 Å². The first-order valence-electron chi connectivity index (χ1n) is 8.63. The summed E-state index contributed by atoms with van der Waals surface area (Å²) in [7, 11) is 4.51. The van der Waals surface area contributed by atoms with E-state index < -0.39 is 0 Å². The number of ether oxygens (including phenoxy) is 3. The number of nitrogens with two attached hydrogens (primary N) is 1. The summed E-state index contributed by atoms with van der Waals surface area (Å²) < 4.78 is 15.9. The number of carbonyl (C=O) groups is 1. The average molecular weight is 378 g/mol. The van der Waals surface area contributed by atoms with E-state index in [2.05, 4.69) is 5.32 Å². The fraction of sp³-hybridized carbons (Fsp3) is 0.136. The third kappa shape index (κ3) is 3.86. The number of nitrogen functional groups attached to an aromatic ring is 1. The van der Waals surface area contributed by atoms with Gasteiger partial charge in [-0.05, 0) is 35.4 Å². The normalized spacial score (nSPS) is 10.2. The molecule has 0 aliphatic rings. The van der Waals surface area contributed by atoms with E-state index in [1.807, 2.05) is 42.5 Å². The van der Waals surface area contributed by atoms with Crippen LogP contribution in [-0.2, 0) is 0 Å². The van der Waals surface area contributed by atoms with Crippen molar-refractivity contribution in [3.8, 4) is 28.4 Å². The maximum absolute atomic E-state index is 12.7. The Labute approximate surface area is 163 Å². The zero-order valence-electron chi connectivity index (χ0n) is 16.0. The quantitative estimate of drug-likeness (QED) is 0.628. The summed E-state index contributed by atoms with van der Waals surface area (Å²) in [6.45, 7) is 0. The summed E-state index contributed by atoms with van der Waals surface area (Å²) in [5, 5.41) is 2.83. The Morgan fingerprint density at radius 2 is 1.46 bits per heavy atom. The second-order valence-corrected chi connectivity index (χ2v) is 6.04. The van der Waals surface area contributed by atoms with Crippen LogP contribution in [0.5, 0.6) is 17.2 Å². The van der Waals surface area contributed by atoms with Crippen molar-refractivity contribution in [2.24, 2.45) is 0 Å². The molecule has 3 N–H and O–H groups in total. The van der Waals surface area contributed by atoms with Gasteiger partial charge in [0.25, 0.3) is 5.91 Å². The molecule has 144 valence electrons. The van der Waals surface area contributed by atoms with Gasteiger partial charge in [-0.2, -0.15) is 0 Å². The Balaban J connectivity index is 1.87. The summed E-state index contributed by atoms with van der Waals surface area (Å²) >= 11 is 0. The Bertz CT molecular complexity index is 962. The highest BCUT2D eigenvalue weighted by Gasteiger charge is 2.17. The van der Waals surface area contributed by atoms with E-state index in [-0.39, 0.29) is 5.91 Å². The molecule has 0 saturated carbocycles. The number of rotatable bonds is 6. The zero-order valence-corrected chi connectivity index (χ0v) is 16.0. The lowest BCUT2D eigenvalue weighted by Gasteiger charge is -2.15. The van der Waals surface area contributed by atoms with Crippen LogP contribution in [0.15, 0.2) is 60.7 Å². The smallest absolute Gasteiger partial charge is 0.255 e. The van der Waals surface area contributed by atoms with Gasteiger partial charge >= 0.3 is 0 Å². The van der Waals surface area contributed by atoms with Gasteiger partial charge in [0, 0.05) is 5.56 Å². The van der Waals surface area contributed by atoms with Gasteiger partial charge in [-0.15, -0.1) is 0 Å². The number of methoxy groups -OCH3 is 3. The van der Waals surface area contributed by atoms with Crippen LogP contribution in [-0.4, -0.2) is 27.2 Å². The molecule has 0 bridgehead atoms. The summed E-state index contributed by atoms with van der Waals surface area (Å²) in [5.74, 6) is 0.894. The van der Waals surface area contributed by atoms with Gasteiger partial charge in [-0.3, -0.25) is 4.79 Å². The van der Waals surface area contributed by atoms with E-state index >= 15 is 0 Å². The van der Waals surface area contributed by atoms with Gasteiger partial charge < -0.3 is 25.3 Å². The fourth-order valence-electron chi connectivity index (χ4n) is 2.89. The molecule has 0 unspecified atom stereocenters. The minimum Gasteiger partial charge on any atom is -0.493 e. The molecule has 6 nitrogen and oxygen atoms in total. The number of carbonyl (C=O) groups excluding carboxylic acids is 1. The molecule has 0 aliphatic heterocycles. The molecular weight excluding hydrogens is 356 g/mol. The Morgan fingerprint density at radius 3 is 2.00 bits per heavy atom. The van der Waals surface area contributed by atoms with Gasteiger partial charge in [0.2, 0.25) is 5.75 Å². The molecule has 0 aromatic heterocycles. The van der Waals surface area contributed by atoms with Crippen molar-refractivity contribution in [3.05, 3.63) is 66.2 Å². The van der Waals surface area contributed by atoms with E-state index in [1.54, 1.807) is 18.2 Å². The fourth-order valence-corrected chi connectivity index (χ4v) is 2.89. The van der Waals surface area contributed by atoms with Crippen molar-refractivity contribution in [2.75, 3.05) is 32.4 Å². The van der Waals surface area contributed by atoms with E-state index in [0.29, 0.717) is 34.2 Å². The first-order valence-corrected chi connectivity index (χ1v) is 8.63. The lowest BCUT2D eigenvalue weighted by atomic mass is 10.0. The molecule has 0 aliphatic carbocycles. The number of nitrogens with one attached hydrogen (secondary N) is 1. The minimum atomic E-state index is -0.335. The lowest BCUT2D eigenvalue weighted by Crippen LogP contribution is -2.14. The molecule has 3 aromatic carbocycles. The van der Waals surface area contributed by atoms with E-state index in [1.165, 1.54) is 21.3 Å². The SMILES string of the molecule is COc1cc(C(=O)Nc2ccc(-c3ccccc3)cc2N)cc(OC)c1OC. The van der Waals surface area contributed by atoms with Crippen LogP contribution in [0.25, 0.3) is 11.1 Å². The molecule has 0 radical (unpaired) electrons. The standard InChI is InChI=1S/C22H22N2O4/c1-26-19-12-16(13-20(27-2)21(19)28-3)22(25)24-18-10-9-15(11-17(18)23)14-7-5-4-6-8-14/h4-13H,23H2,1-3H3,(H,24,25). The predicted molar refractivity (Wildman–Crippen MR) is 110 cm³/mol. The van der Waals surface area contributed by atoms with Crippen LogP contribution in [0.1, 0.15) is 10.4 Å². The van der Waals surface area contributed by atoms with Crippen molar-refractivity contribution < 1.29 is 19.0 Å². The van der Waals surface area contributed by atoms with Crippen LogP contribution >= 0.6 is 0 Å². The summed E-state index contributed by atoms with van der Waals surface area (Å²) in [6.07, 6.45) is 0. The van der Waals surface area contributed by atoms with Gasteiger partial charge in [0.05, 0.1) is 32.7 Å². The third-order valence-electron chi connectivity index (χ3n) is 4.33. The van der Waals surface area contributed by atoms with Gasteiger partial charge in [-0.25, -0.2) is 0 Å². The zero-order chi connectivity index (χ0) is 20.1. The van der Waals surface area contributed by atoms with Crippen LogP contribution in [0.4, 0.5) is 11.4 Å². The van der Waals surface area contributed by atoms with Crippen LogP contribution in [0, 0.1) is 0 Å². The molecule has 0 heterocycles. The van der Waals surface area contributed by atoms with Crippen LogP contribution < -0.4 is 25.3 Å². The van der Waals surface area contributed by atoms with Crippen molar-refractivity contribution in [3.63, 3.8) is 0 Å². The van der Waals surface area contributed by atoms with Crippen molar-refractivity contribution in [2.45, 2.75) is 0 Å². The van der Waals surface area contributed by atoms with Crippen LogP contribution in [0.3, 0.4) is 0 Å². The molecule has 6 heteroatoms. The highest BCUT2D eigenvalue weighted by atomic mass is 16.5. The van der Waals surface area contributed by atoms with Crippen LogP contribution in [0.2, 0.25) is 0 Å². The molecule has 3 aromatic rings. The summed E-state index contributed by atoms with van der Waals surface area (Å²) in [6, 6.07) is 18.6. The molecule has 0 fully saturated rings. The Morgan fingerprint density at radius 1 is 0.821 bits per heavy atom. The van der Waals surface area contributed by atoms with Crippen molar-refractivity contribution >= 4 is 17.3 Å². The first-order chi connectivity index (χ1) is 13.6. The minimum absolute atomic E-state index is 0.335. The molecule has 28 heavy (non-hydrogen) atoms. The monoisotopic (exact) mass is 378 g/mol.